The summed E-state index contributed by atoms with van der Waals surface area (Å²) in [5.41, 5.74) is 3.95. The van der Waals surface area contributed by atoms with Crippen LogP contribution in [0.25, 0.3) is 0 Å². The molecule has 0 radical (unpaired) electrons. The molecular formula is C22H21NO3. The van der Waals surface area contributed by atoms with Crippen molar-refractivity contribution in [2.24, 2.45) is 11.8 Å². The van der Waals surface area contributed by atoms with Gasteiger partial charge in [0, 0.05) is 20.1 Å². The van der Waals surface area contributed by atoms with Crippen LogP contribution >= 0.6 is 0 Å². The second-order valence-corrected chi connectivity index (χ2v) is 7.64. The summed E-state index contributed by atoms with van der Waals surface area (Å²) < 4.78 is 5.87. The summed E-state index contributed by atoms with van der Waals surface area (Å²) in [6.07, 6.45) is -0.234. The molecule has 0 N–H and O–H groups in total. The average Bonchev–Trinajstić information content (AvgIpc) is 2.92. The van der Waals surface area contributed by atoms with E-state index in [2.05, 4.69) is 24.3 Å². The van der Waals surface area contributed by atoms with E-state index in [9.17, 15) is 9.59 Å². The molecule has 0 saturated carbocycles. The number of carbonyl (C=O) groups excluding carboxylic acids is 2. The third kappa shape index (κ3) is 1.51. The average molecular weight is 347 g/mol. The van der Waals surface area contributed by atoms with Gasteiger partial charge in [0.15, 0.2) is 0 Å². The molecule has 2 bridgehead atoms. The maximum absolute atomic E-state index is 13.2. The van der Waals surface area contributed by atoms with E-state index in [1.54, 1.807) is 14.2 Å². The molecule has 1 fully saturated rings. The van der Waals surface area contributed by atoms with Crippen LogP contribution in [0.2, 0.25) is 0 Å². The van der Waals surface area contributed by atoms with Crippen molar-refractivity contribution in [2.75, 3.05) is 14.2 Å². The summed E-state index contributed by atoms with van der Waals surface area (Å²) in [5.74, 6) is -0.987. The number of imide groups is 1. The van der Waals surface area contributed by atoms with E-state index < -0.39 is 11.3 Å². The zero-order valence-electron chi connectivity index (χ0n) is 15.1. The van der Waals surface area contributed by atoms with Gasteiger partial charge >= 0.3 is 0 Å². The minimum Gasteiger partial charge on any atom is -0.380 e. The monoisotopic (exact) mass is 347 g/mol. The van der Waals surface area contributed by atoms with Gasteiger partial charge in [-0.05, 0) is 29.2 Å². The van der Waals surface area contributed by atoms with Gasteiger partial charge in [0.05, 0.1) is 23.4 Å². The van der Waals surface area contributed by atoms with Crippen LogP contribution in [0.15, 0.2) is 48.5 Å². The Morgan fingerprint density at radius 1 is 0.962 bits per heavy atom. The number of methoxy groups -OCH3 is 1. The van der Waals surface area contributed by atoms with Gasteiger partial charge in [0.1, 0.15) is 0 Å². The highest BCUT2D eigenvalue weighted by Gasteiger charge is 2.69. The van der Waals surface area contributed by atoms with Crippen molar-refractivity contribution < 1.29 is 14.3 Å². The predicted octanol–water partition coefficient (Wildman–Crippen LogP) is 2.70. The van der Waals surface area contributed by atoms with Crippen LogP contribution < -0.4 is 0 Å². The van der Waals surface area contributed by atoms with E-state index in [0.29, 0.717) is 0 Å². The third-order valence-electron chi connectivity index (χ3n) is 6.90. The van der Waals surface area contributed by atoms with E-state index in [-0.39, 0.29) is 29.8 Å². The number of nitrogens with zero attached hydrogens (tertiary/aromatic N) is 1. The van der Waals surface area contributed by atoms with Crippen LogP contribution in [-0.2, 0) is 19.7 Å². The fourth-order valence-corrected chi connectivity index (χ4v) is 5.85. The zero-order valence-corrected chi connectivity index (χ0v) is 15.1. The number of amides is 2. The number of likely N-dealkylation sites (tertiary alicyclic amines) is 1. The first kappa shape index (κ1) is 15.8. The number of ether oxygens (including phenoxy) is 1. The van der Waals surface area contributed by atoms with Crippen LogP contribution in [0.1, 0.15) is 35.1 Å². The van der Waals surface area contributed by atoms with Crippen molar-refractivity contribution in [1.29, 1.82) is 0 Å². The lowest BCUT2D eigenvalue weighted by atomic mass is 9.46. The standard InChI is InChI=1S/C22H21NO3/c1-12(26-3)22-15-10-6-4-8-13(15)17(14-9-5-7-11-16(14)22)18-19(22)21(25)23(2)20(18)24/h4-12,17-19H,1-3H3/t12-,17?,18?,19?,22?/m0/s1. The van der Waals surface area contributed by atoms with Crippen molar-refractivity contribution in [3.8, 4) is 0 Å². The van der Waals surface area contributed by atoms with Crippen LogP contribution in [0.4, 0.5) is 0 Å². The van der Waals surface area contributed by atoms with Crippen molar-refractivity contribution in [3.63, 3.8) is 0 Å². The van der Waals surface area contributed by atoms with Gasteiger partial charge < -0.3 is 4.74 Å². The van der Waals surface area contributed by atoms with E-state index in [1.165, 1.54) is 4.90 Å². The molecule has 26 heavy (non-hydrogen) atoms. The lowest BCUT2D eigenvalue weighted by Gasteiger charge is -2.56. The summed E-state index contributed by atoms with van der Waals surface area (Å²) in [7, 11) is 3.30. The first-order chi connectivity index (χ1) is 12.5. The quantitative estimate of drug-likeness (QED) is 0.785. The highest BCUT2D eigenvalue weighted by Crippen LogP contribution is 2.65. The Hall–Kier alpha value is -2.46. The normalized spacial score (nSPS) is 32.3. The lowest BCUT2D eigenvalue weighted by Crippen LogP contribution is -2.59. The van der Waals surface area contributed by atoms with Crippen LogP contribution in [-0.4, -0.2) is 37.0 Å². The molecular weight excluding hydrogens is 326 g/mol. The van der Waals surface area contributed by atoms with Gasteiger partial charge in [0.25, 0.3) is 0 Å². The number of benzene rings is 2. The Kier molecular flexibility index (Phi) is 3.06. The molecule has 4 aliphatic rings. The molecule has 4 heteroatoms. The Bertz CT molecular complexity index is 902. The van der Waals surface area contributed by atoms with E-state index in [1.807, 2.05) is 31.2 Å². The van der Waals surface area contributed by atoms with Crippen molar-refractivity contribution in [1.82, 2.24) is 4.90 Å². The SMILES string of the molecule is CO[C@@H](C)C12c3ccccc3C(c3ccccc31)C1C(=O)N(C)C(=O)C12. The second-order valence-electron chi connectivity index (χ2n) is 7.64. The topological polar surface area (TPSA) is 46.6 Å². The van der Waals surface area contributed by atoms with E-state index >= 15 is 0 Å². The van der Waals surface area contributed by atoms with Gasteiger partial charge in [0.2, 0.25) is 11.8 Å². The summed E-state index contributed by atoms with van der Waals surface area (Å²) in [4.78, 5) is 27.6. The van der Waals surface area contributed by atoms with Crippen LogP contribution in [0.3, 0.4) is 0 Å². The van der Waals surface area contributed by atoms with E-state index in [0.717, 1.165) is 22.3 Å². The Morgan fingerprint density at radius 2 is 1.50 bits per heavy atom. The van der Waals surface area contributed by atoms with Crippen molar-refractivity contribution >= 4 is 11.8 Å². The van der Waals surface area contributed by atoms with Crippen LogP contribution in [0.5, 0.6) is 0 Å². The molecule has 0 aromatic heterocycles. The van der Waals surface area contributed by atoms with Crippen molar-refractivity contribution in [2.45, 2.75) is 24.4 Å². The summed E-state index contributed by atoms with van der Waals surface area (Å²) in [5, 5.41) is 0. The Morgan fingerprint density at radius 3 is 2.04 bits per heavy atom. The molecule has 2 aromatic rings. The summed E-state index contributed by atoms with van der Waals surface area (Å²) >= 11 is 0. The Balaban J connectivity index is 1.95. The molecule has 2 amide bonds. The van der Waals surface area contributed by atoms with Crippen LogP contribution in [0, 0.1) is 11.8 Å². The molecule has 0 spiro atoms. The lowest BCUT2D eigenvalue weighted by molar-refractivity contribution is -0.139. The molecule has 2 unspecified atom stereocenters. The molecule has 2 aromatic carbocycles. The Labute approximate surface area is 152 Å². The van der Waals surface area contributed by atoms with Gasteiger partial charge in [-0.1, -0.05) is 48.5 Å². The molecule has 4 nitrogen and oxygen atoms in total. The number of hydrogen-bond acceptors (Lipinski definition) is 3. The molecule has 3 aliphatic carbocycles. The maximum atomic E-state index is 13.2. The van der Waals surface area contributed by atoms with Gasteiger partial charge in [-0.25, -0.2) is 0 Å². The number of hydrogen-bond donors (Lipinski definition) is 0. The highest BCUT2D eigenvalue weighted by molar-refractivity contribution is 6.08. The fraction of sp³-hybridized carbons (Fsp3) is 0.364. The predicted molar refractivity (Wildman–Crippen MR) is 96.7 cm³/mol. The first-order valence-electron chi connectivity index (χ1n) is 9.08. The second kappa shape index (κ2) is 5.04. The zero-order chi connectivity index (χ0) is 18.2. The third-order valence-corrected chi connectivity index (χ3v) is 6.90. The molecule has 1 heterocycles. The fourth-order valence-electron chi connectivity index (χ4n) is 5.85. The number of rotatable bonds is 2. The van der Waals surface area contributed by atoms with Gasteiger partial charge in [-0.2, -0.15) is 0 Å². The minimum atomic E-state index is -0.640. The minimum absolute atomic E-state index is 0.0679. The largest absolute Gasteiger partial charge is 0.380 e. The molecule has 3 atom stereocenters. The maximum Gasteiger partial charge on any atom is 0.234 e. The molecule has 6 rings (SSSR count). The first-order valence-corrected chi connectivity index (χ1v) is 9.08. The van der Waals surface area contributed by atoms with Gasteiger partial charge in [-0.3, -0.25) is 14.5 Å². The van der Waals surface area contributed by atoms with Gasteiger partial charge in [-0.15, -0.1) is 0 Å². The highest BCUT2D eigenvalue weighted by atomic mass is 16.5. The summed E-state index contributed by atoms with van der Waals surface area (Å²) in [6, 6.07) is 16.5. The molecule has 132 valence electrons. The smallest absolute Gasteiger partial charge is 0.234 e. The molecule has 1 saturated heterocycles. The number of carbonyl (C=O) groups is 2. The summed E-state index contributed by atoms with van der Waals surface area (Å²) in [6.45, 7) is 2.02. The van der Waals surface area contributed by atoms with Crippen molar-refractivity contribution in [3.05, 3.63) is 70.8 Å². The molecule has 1 aliphatic heterocycles. The van der Waals surface area contributed by atoms with E-state index in [4.69, 9.17) is 4.74 Å².